The predicted molar refractivity (Wildman–Crippen MR) is 57.9 cm³/mol. The minimum absolute atomic E-state index is 0.413. The second-order valence-electron chi connectivity index (χ2n) is 2.24. The Bertz CT molecular complexity index is 332. The maximum absolute atomic E-state index is 10.4. The molecule has 0 aliphatic carbocycles. The molecule has 74 valence electrons. The lowest BCUT2D eigenvalue weighted by atomic mass is 10.2. The molecule has 0 saturated heterocycles. The molecule has 0 bridgehead atoms. The number of aliphatic hydroxyl groups excluding tert-OH is 1. The van der Waals surface area contributed by atoms with Crippen molar-refractivity contribution in [1.29, 1.82) is 0 Å². The van der Waals surface area contributed by atoms with Crippen molar-refractivity contribution in [3.05, 3.63) is 42.2 Å². The molecule has 0 aliphatic heterocycles. The molecule has 1 rings (SSSR count). The fourth-order valence-electron chi connectivity index (χ4n) is 0.903. The smallest absolute Gasteiger partial charge is 0.168 e. The molecule has 0 amide bonds. The summed E-state index contributed by atoms with van der Waals surface area (Å²) in [7, 11) is 1.00. The van der Waals surface area contributed by atoms with E-state index < -0.39 is 0 Å². The van der Waals surface area contributed by atoms with Gasteiger partial charge in [-0.15, -0.1) is 0 Å². The zero-order valence-corrected chi connectivity index (χ0v) is 8.10. The number of aromatic nitrogens is 1. The largest absolute Gasteiger partial charge is 0.400 e. The van der Waals surface area contributed by atoms with Gasteiger partial charge in [0.1, 0.15) is 5.69 Å². The first-order valence-electron chi connectivity index (χ1n) is 3.97. The molecule has 0 atom stereocenters. The molecular formula is C11H13NO2. The Kier molecular flexibility index (Phi) is 5.90. The number of carbonyl (C=O) groups excluding carboxylic acids is 1. The minimum Gasteiger partial charge on any atom is -0.400 e. The summed E-state index contributed by atoms with van der Waals surface area (Å²) in [6, 6.07) is 3.44. The number of carbonyl (C=O) groups is 1. The van der Waals surface area contributed by atoms with Gasteiger partial charge in [0.15, 0.2) is 6.29 Å². The fourth-order valence-corrected chi connectivity index (χ4v) is 0.903. The van der Waals surface area contributed by atoms with Crippen LogP contribution in [0.15, 0.2) is 25.3 Å². The molecule has 0 spiro atoms. The Morgan fingerprint density at radius 2 is 1.93 bits per heavy atom. The molecule has 3 nitrogen and oxygen atoms in total. The van der Waals surface area contributed by atoms with Crippen LogP contribution in [-0.4, -0.2) is 23.5 Å². The van der Waals surface area contributed by atoms with E-state index in [9.17, 15) is 4.79 Å². The van der Waals surface area contributed by atoms with Gasteiger partial charge in [-0.3, -0.25) is 4.79 Å². The van der Waals surface area contributed by atoms with Crippen molar-refractivity contribution in [2.24, 2.45) is 0 Å². The first-order chi connectivity index (χ1) is 6.81. The minimum atomic E-state index is 0.413. The number of hydrogen-bond acceptors (Lipinski definition) is 3. The standard InChI is InChI=1S/C10H9NO.CH4O/c1-3-8-5-6-9(7-12)11-10(8)4-2;1-2/h3-7H,1-2H2;2H,1H3. The normalized spacial score (nSPS) is 8.14. The van der Waals surface area contributed by atoms with Crippen molar-refractivity contribution in [1.82, 2.24) is 4.98 Å². The lowest BCUT2D eigenvalue weighted by molar-refractivity contribution is 0.111. The predicted octanol–water partition coefficient (Wildman–Crippen LogP) is 1.79. The van der Waals surface area contributed by atoms with E-state index in [4.69, 9.17) is 5.11 Å². The molecule has 3 heteroatoms. The summed E-state index contributed by atoms with van der Waals surface area (Å²) in [4.78, 5) is 14.4. The van der Waals surface area contributed by atoms with Gasteiger partial charge in [0, 0.05) is 7.11 Å². The van der Waals surface area contributed by atoms with E-state index >= 15 is 0 Å². The maximum Gasteiger partial charge on any atom is 0.168 e. The lowest BCUT2D eigenvalue weighted by Gasteiger charge is -1.99. The van der Waals surface area contributed by atoms with Crippen LogP contribution >= 0.6 is 0 Å². The van der Waals surface area contributed by atoms with Gasteiger partial charge in [0.2, 0.25) is 0 Å². The zero-order valence-electron chi connectivity index (χ0n) is 8.10. The van der Waals surface area contributed by atoms with Gasteiger partial charge in [-0.05, 0) is 17.7 Å². The first-order valence-corrected chi connectivity index (χ1v) is 3.97. The van der Waals surface area contributed by atoms with E-state index in [0.29, 0.717) is 17.7 Å². The Morgan fingerprint density at radius 3 is 2.36 bits per heavy atom. The highest BCUT2D eigenvalue weighted by atomic mass is 16.2. The summed E-state index contributed by atoms with van der Waals surface area (Å²) in [5.41, 5.74) is 1.99. The average Bonchev–Trinajstić information content (AvgIpc) is 2.30. The van der Waals surface area contributed by atoms with Gasteiger partial charge in [-0.1, -0.05) is 25.3 Å². The summed E-state index contributed by atoms with van der Waals surface area (Å²) in [6.07, 6.45) is 3.99. The molecule has 0 radical (unpaired) electrons. The molecule has 1 N–H and O–H groups in total. The molecule has 0 aliphatic rings. The number of aliphatic hydroxyl groups is 1. The van der Waals surface area contributed by atoms with E-state index in [0.717, 1.165) is 12.7 Å². The highest BCUT2D eigenvalue weighted by Crippen LogP contribution is 2.09. The van der Waals surface area contributed by atoms with E-state index in [1.807, 2.05) is 0 Å². The second-order valence-corrected chi connectivity index (χ2v) is 2.24. The van der Waals surface area contributed by atoms with Crippen LogP contribution in [0.25, 0.3) is 12.2 Å². The Morgan fingerprint density at radius 1 is 1.29 bits per heavy atom. The maximum atomic E-state index is 10.4. The molecule has 0 fully saturated rings. The van der Waals surface area contributed by atoms with Crippen molar-refractivity contribution in [3.8, 4) is 0 Å². The fraction of sp³-hybridized carbons (Fsp3) is 0.0909. The monoisotopic (exact) mass is 191 g/mol. The average molecular weight is 191 g/mol. The zero-order chi connectivity index (χ0) is 11.0. The third kappa shape index (κ3) is 2.95. The van der Waals surface area contributed by atoms with Crippen molar-refractivity contribution in [2.75, 3.05) is 7.11 Å². The van der Waals surface area contributed by atoms with Crippen LogP contribution in [0.2, 0.25) is 0 Å². The van der Waals surface area contributed by atoms with E-state index in [2.05, 4.69) is 18.1 Å². The molecule has 0 saturated carbocycles. The van der Waals surface area contributed by atoms with E-state index in [-0.39, 0.29) is 0 Å². The topological polar surface area (TPSA) is 50.2 Å². The quantitative estimate of drug-likeness (QED) is 0.741. The van der Waals surface area contributed by atoms with Gasteiger partial charge in [-0.2, -0.15) is 0 Å². The van der Waals surface area contributed by atoms with Crippen LogP contribution < -0.4 is 0 Å². The molecule has 1 heterocycles. The summed E-state index contributed by atoms with van der Waals surface area (Å²) in [6.45, 7) is 7.21. The van der Waals surface area contributed by atoms with Gasteiger partial charge < -0.3 is 5.11 Å². The van der Waals surface area contributed by atoms with Crippen LogP contribution in [0.3, 0.4) is 0 Å². The summed E-state index contributed by atoms with van der Waals surface area (Å²) >= 11 is 0. The number of hydrogen-bond donors (Lipinski definition) is 1. The van der Waals surface area contributed by atoms with Gasteiger partial charge in [0.05, 0.1) is 5.69 Å². The van der Waals surface area contributed by atoms with Gasteiger partial charge in [0.25, 0.3) is 0 Å². The van der Waals surface area contributed by atoms with Crippen molar-refractivity contribution < 1.29 is 9.90 Å². The molecular weight excluding hydrogens is 178 g/mol. The first kappa shape index (κ1) is 12.3. The summed E-state index contributed by atoms with van der Waals surface area (Å²) < 4.78 is 0. The number of pyridine rings is 1. The molecule has 14 heavy (non-hydrogen) atoms. The third-order valence-electron chi connectivity index (χ3n) is 1.51. The Labute approximate surface area is 83.4 Å². The SMILES string of the molecule is C=Cc1ccc(C=O)nc1C=C.CO. The van der Waals surface area contributed by atoms with Crippen molar-refractivity contribution >= 4 is 18.4 Å². The van der Waals surface area contributed by atoms with Crippen LogP contribution in [0, 0.1) is 0 Å². The number of aldehydes is 1. The van der Waals surface area contributed by atoms with Crippen LogP contribution in [0.4, 0.5) is 0 Å². The second kappa shape index (κ2) is 6.74. The number of rotatable bonds is 3. The lowest BCUT2D eigenvalue weighted by Crippen LogP contribution is -1.91. The molecule has 0 aromatic carbocycles. The van der Waals surface area contributed by atoms with Crippen molar-refractivity contribution in [3.63, 3.8) is 0 Å². The van der Waals surface area contributed by atoms with Gasteiger partial charge in [-0.25, -0.2) is 4.98 Å². The highest BCUT2D eigenvalue weighted by molar-refractivity contribution is 5.74. The Balaban J connectivity index is 0.000000791. The highest BCUT2D eigenvalue weighted by Gasteiger charge is 1.97. The number of nitrogens with zero attached hydrogens (tertiary/aromatic N) is 1. The van der Waals surface area contributed by atoms with E-state index in [1.165, 1.54) is 0 Å². The third-order valence-corrected chi connectivity index (χ3v) is 1.51. The van der Waals surface area contributed by atoms with Crippen LogP contribution in [-0.2, 0) is 0 Å². The van der Waals surface area contributed by atoms with Gasteiger partial charge >= 0.3 is 0 Å². The van der Waals surface area contributed by atoms with Crippen LogP contribution in [0.5, 0.6) is 0 Å². The molecule has 1 aromatic rings. The Hall–Kier alpha value is -1.74. The van der Waals surface area contributed by atoms with Crippen molar-refractivity contribution in [2.45, 2.75) is 0 Å². The summed E-state index contributed by atoms with van der Waals surface area (Å²) in [5, 5.41) is 7.00. The molecule has 0 unspecified atom stereocenters. The van der Waals surface area contributed by atoms with Crippen LogP contribution in [0.1, 0.15) is 21.7 Å². The summed E-state index contributed by atoms with van der Waals surface area (Å²) in [5.74, 6) is 0. The molecule has 1 aromatic heterocycles. The van der Waals surface area contributed by atoms with E-state index in [1.54, 1.807) is 24.3 Å².